The van der Waals surface area contributed by atoms with Crippen LogP contribution in [-0.4, -0.2) is 10.1 Å². The molecule has 2 nitrogen and oxygen atoms in total. The molecule has 0 saturated heterocycles. The Morgan fingerprint density at radius 3 is 1.92 bits per heavy atom. The maximum Gasteiger partial charge on any atom is 0.122 e. The average molecular weight is 354 g/mol. The summed E-state index contributed by atoms with van der Waals surface area (Å²) < 4.78 is 0. The zero-order valence-corrected chi connectivity index (χ0v) is 14.1. The Morgan fingerprint density at radius 1 is 0.750 bits per heavy atom. The molecule has 0 aliphatic rings. The summed E-state index contributed by atoms with van der Waals surface area (Å²) in [5.41, 5.74) is 1.36. The fourth-order valence-electron chi connectivity index (χ4n) is 3.11. The van der Waals surface area contributed by atoms with Gasteiger partial charge in [0.25, 0.3) is 0 Å². The highest BCUT2D eigenvalue weighted by molar-refractivity contribution is 6.38. The van der Waals surface area contributed by atoms with Gasteiger partial charge < -0.3 is 5.11 Å². The lowest BCUT2D eigenvalue weighted by atomic mass is 9.92. The van der Waals surface area contributed by atoms with Gasteiger partial charge in [-0.05, 0) is 41.1 Å². The Hall–Kier alpha value is -2.13. The first-order chi connectivity index (χ1) is 11.7. The van der Waals surface area contributed by atoms with Gasteiger partial charge in [0.15, 0.2) is 0 Å². The SMILES string of the molecule is OC(c1ccccn1)c1c2cccc(Cl)c2cc2c(Cl)cccc12. The fraction of sp³-hybridized carbons (Fsp3) is 0.0500. The van der Waals surface area contributed by atoms with E-state index in [2.05, 4.69) is 4.98 Å². The lowest BCUT2D eigenvalue weighted by Gasteiger charge is -2.18. The normalized spacial score (nSPS) is 12.6. The van der Waals surface area contributed by atoms with Gasteiger partial charge in [0.1, 0.15) is 6.10 Å². The van der Waals surface area contributed by atoms with E-state index >= 15 is 0 Å². The first-order valence-electron chi connectivity index (χ1n) is 7.55. The average Bonchev–Trinajstić information content (AvgIpc) is 2.61. The number of aliphatic hydroxyl groups is 1. The summed E-state index contributed by atoms with van der Waals surface area (Å²) in [7, 11) is 0. The Kier molecular flexibility index (Phi) is 3.89. The molecular weight excluding hydrogens is 341 g/mol. The van der Waals surface area contributed by atoms with E-state index in [-0.39, 0.29) is 0 Å². The molecule has 1 aromatic heterocycles. The number of hydrogen-bond donors (Lipinski definition) is 1. The van der Waals surface area contributed by atoms with E-state index < -0.39 is 6.10 Å². The van der Waals surface area contributed by atoms with Gasteiger partial charge >= 0.3 is 0 Å². The highest BCUT2D eigenvalue weighted by Crippen LogP contribution is 2.39. The molecule has 0 aliphatic carbocycles. The minimum Gasteiger partial charge on any atom is -0.382 e. The molecule has 1 atom stereocenters. The van der Waals surface area contributed by atoms with Gasteiger partial charge in [-0.15, -0.1) is 0 Å². The van der Waals surface area contributed by atoms with E-state index in [0.29, 0.717) is 15.7 Å². The predicted molar refractivity (Wildman–Crippen MR) is 99.8 cm³/mol. The number of hydrogen-bond acceptors (Lipinski definition) is 2. The van der Waals surface area contributed by atoms with Gasteiger partial charge in [0, 0.05) is 32.6 Å². The van der Waals surface area contributed by atoms with Crippen molar-refractivity contribution in [2.24, 2.45) is 0 Å². The number of benzene rings is 3. The summed E-state index contributed by atoms with van der Waals surface area (Å²) in [6.45, 7) is 0. The largest absolute Gasteiger partial charge is 0.382 e. The van der Waals surface area contributed by atoms with Crippen molar-refractivity contribution in [3.8, 4) is 0 Å². The molecule has 1 heterocycles. The Balaban J connectivity index is 2.14. The molecule has 0 amide bonds. The quantitative estimate of drug-likeness (QED) is 0.463. The minimum atomic E-state index is -0.866. The van der Waals surface area contributed by atoms with Crippen LogP contribution < -0.4 is 0 Å². The monoisotopic (exact) mass is 353 g/mol. The molecule has 4 heteroatoms. The molecule has 0 bridgehead atoms. The van der Waals surface area contributed by atoms with Crippen molar-refractivity contribution in [2.75, 3.05) is 0 Å². The fourth-order valence-corrected chi connectivity index (χ4v) is 3.56. The molecule has 1 unspecified atom stereocenters. The molecule has 118 valence electrons. The van der Waals surface area contributed by atoms with Crippen molar-refractivity contribution < 1.29 is 5.11 Å². The molecule has 4 aromatic rings. The van der Waals surface area contributed by atoms with Crippen LogP contribution in [0, 0.1) is 0 Å². The number of fused-ring (bicyclic) bond motifs is 2. The maximum atomic E-state index is 11.0. The molecule has 3 aromatic carbocycles. The molecule has 1 N–H and O–H groups in total. The van der Waals surface area contributed by atoms with Crippen LogP contribution in [0.1, 0.15) is 17.4 Å². The summed E-state index contributed by atoms with van der Waals surface area (Å²) in [5.74, 6) is 0. The van der Waals surface area contributed by atoms with E-state index in [1.807, 2.05) is 60.7 Å². The van der Waals surface area contributed by atoms with Crippen LogP contribution in [0.3, 0.4) is 0 Å². The zero-order valence-electron chi connectivity index (χ0n) is 12.6. The number of pyridine rings is 1. The van der Waals surface area contributed by atoms with Crippen LogP contribution in [0.5, 0.6) is 0 Å². The third-order valence-electron chi connectivity index (χ3n) is 4.22. The zero-order chi connectivity index (χ0) is 16.7. The second-order valence-electron chi connectivity index (χ2n) is 5.62. The van der Waals surface area contributed by atoms with Crippen molar-refractivity contribution in [2.45, 2.75) is 6.10 Å². The lowest BCUT2D eigenvalue weighted by Crippen LogP contribution is -2.04. The third-order valence-corrected chi connectivity index (χ3v) is 4.88. The van der Waals surface area contributed by atoms with E-state index in [9.17, 15) is 5.11 Å². The molecule has 0 fully saturated rings. The standard InChI is InChI=1S/C20H13Cl2NO/c21-16-7-3-5-12-14(16)11-15-13(6-4-8-17(15)22)19(12)20(24)18-9-1-2-10-23-18/h1-11,20,24H. The molecular formula is C20H13Cl2NO. The second kappa shape index (κ2) is 6.06. The number of aromatic nitrogens is 1. The molecule has 0 aliphatic heterocycles. The highest BCUT2D eigenvalue weighted by Gasteiger charge is 2.20. The first-order valence-corrected chi connectivity index (χ1v) is 8.31. The summed E-state index contributed by atoms with van der Waals surface area (Å²) in [6.07, 6.45) is 0.806. The summed E-state index contributed by atoms with van der Waals surface area (Å²) in [4.78, 5) is 4.30. The second-order valence-corrected chi connectivity index (χ2v) is 6.43. The van der Waals surface area contributed by atoms with Crippen LogP contribution in [0.4, 0.5) is 0 Å². The van der Waals surface area contributed by atoms with E-state index in [0.717, 1.165) is 27.1 Å². The van der Waals surface area contributed by atoms with Crippen molar-refractivity contribution in [3.05, 3.63) is 88.2 Å². The van der Waals surface area contributed by atoms with Gasteiger partial charge in [-0.2, -0.15) is 0 Å². The van der Waals surface area contributed by atoms with Crippen LogP contribution in [0.25, 0.3) is 21.5 Å². The third kappa shape index (κ3) is 2.44. The Bertz CT molecular complexity index is 988. The minimum absolute atomic E-state index is 0.589. The number of aliphatic hydroxyl groups excluding tert-OH is 1. The van der Waals surface area contributed by atoms with Crippen molar-refractivity contribution in [3.63, 3.8) is 0 Å². The van der Waals surface area contributed by atoms with Gasteiger partial charge in [-0.25, -0.2) is 0 Å². The van der Waals surface area contributed by atoms with Gasteiger partial charge in [-0.1, -0.05) is 53.5 Å². The Labute approximate surface area is 149 Å². The Morgan fingerprint density at radius 2 is 1.38 bits per heavy atom. The number of nitrogens with zero attached hydrogens (tertiary/aromatic N) is 1. The topological polar surface area (TPSA) is 33.1 Å². The van der Waals surface area contributed by atoms with Crippen LogP contribution in [0.2, 0.25) is 10.0 Å². The van der Waals surface area contributed by atoms with Crippen molar-refractivity contribution in [1.29, 1.82) is 0 Å². The summed E-state index contributed by atoms with van der Waals surface area (Å²) in [6, 6.07) is 18.8. The first kappa shape index (κ1) is 15.4. The van der Waals surface area contributed by atoms with Gasteiger partial charge in [-0.3, -0.25) is 4.98 Å². The predicted octanol–water partition coefficient (Wildman–Crippen LogP) is 5.78. The maximum absolute atomic E-state index is 11.0. The number of halogens is 2. The number of rotatable bonds is 2. The van der Waals surface area contributed by atoms with Crippen LogP contribution in [-0.2, 0) is 0 Å². The summed E-state index contributed by atoms with van der Waals surface area (Å²) in [5, 5.41) is 15.8. The molecule has 0 spiro atoms. The smallest absolute Gasteiger partial charge is 0.122 e. The van der Waals surface area contributed by atoms with Crippen LogP contribution in [0.15, 0.2) is 66.9 Å². The van der Waals surface area contributed by atoms with Crippen LogP contribution >= 0.6 is 23.2 Å². The van der Waals surface area contributed by atoms with E-state index in [1.165, 1.54) is 0 Å². The van der Waals surface area contributed by atoms with E-state index in [1.54, 1.807) is 6.20 Å². The lowest BCUT2D eigenvalue weighted by molar-refractivity contribution is 0.218. The van der Waals surface area contributed by atoms with Crippen molar-refractivity contribution >= 4 is 44.7 Å². The van der Waals surface area contributed by atoms with E-state index in [4.69, 9.17) is 23.2 Å². The molecule has 0 saturated carbocycles. The highest BCUT2D eigenvalue weighted by atomic mass is 35.5. The van der Waals surface area contributed by atoms with Gasteiger partial charge in [0.05, 0.1) is 5.69 Å². The van der Waals surface area contributed by atoms with Gasteiger partial charge in [0.2, 0.25) is 0 Å². The summed E-state index contributed by atoms with van der Waals surface area (Å²) >= 11 is 12.8. The molecule has 24 heavy (non-hydrogen) atoms. The van der Waals surface area contributed by atoms with Crippen molar-refractivity contribution in [1.82, 2.24) is 4.98 Å². The molecule has 0 radical (unpaired) electrons. The molecule has 4 rings (SSSR count).